The number of nitrogens with one attached hydrogen (secondary N) is 2. The van der Waals surface area contributed by atoms with E-state index in [1.54, 1.807) is 11.3 Å². The molecule has 0 amide bonds. The van der Waals surface area contributed by atoms with Crippen molar-refractivity contribution in [2.75, 3.05) is 6.54 Å². The topological polar surface area (TPSA) is 24.1 Å². The molecule has 1 heterocycles. The van der Waals surface area contributed by atoms with E-state index in [0.717, 1.165) is 24.5 Å². The molecule has 0 aliphatic carbocycles. The summed E-state index contributed by atoms with van der Waals surface area (Å²) in [6, 6.07) is 13.2. The van der Waals surface area contributed by atoms with Crippen molar-refractivity contribution in [3.05, 3.63) is 57.8 Å². The molecule has 0 aliphatic rings. The molecule has 4 heteroatoms. The van der Waals surface area contributed by atoms with Crippen molar-refractivity contribution in [1.82, 2.24) is 10.6 Å². The molecule has 0 spiro atoms. The van der Waals surface area contributed by atoms with Crippen LogP contribution >= 0.6 is 23.6 Å². The third-order valence-corrected chi connectivity index (χ3v) is 4.69. The lowest BCUT2D eigenvalue weighted by molar-refractivity contribution is 0.738. The average molecular weight is 333 g/mol. The van der Waals surface area contributed by atoms with Crippen LogP contribution in [0.4, 0.5) is 0 Å². The lowest BCUT2D eigenvalue weighted by Gasteiger charge is -2.20. The fraction of sp³-hybridized carbons (Fsp3) is 0.389. The van der Waals surface area contributed by atoms with Gasteiger partial charge in [0.05, 0.1) is 6.04 Å². The summed E-state index contributed by atoms with van der Waals surface area (Å²) in [4.78, 5) is 1.28. The van der Waals surface area contributed by atoms with E-state index in [-0.39, 0.29) is 6.04 Å². The van der Waals surface area contributed by atoms with Gasteiger partial charge in [0, 0.05) is 11.4 Å². The minimum absolute atomic E-state index is 0.118. The fourth-order valence-corrected chi connectivity index (χ4v) is 3.38. The summed E-state index contributed by atoms with van der Waals surface area (Å²) in [5.74, 6) is 0. The highest BCUT2D eigenvalue weighted by atomic mass is 32.1. The Morgan fingerprint density at radius 2 is 1.91 bits per heavy atom. The van der Waals surface area contributed by atoms with Crippen molar-refractivity contribution in [2.24, 2.45) is 0 Å². The Hall–Kier alpha value is -1.39. The van der Waals surface area contributed by atoms with Crippen LogP contribution in [0.5, 0.6) is 0 Å². The molecule has 0 bridgehead atoms. The number of thiophene rings is 1. The van der Waals surface area contributed by atoms with Gasteiger partial charge in [-0.2, -0.15) is 0 Å². The Balaban J connectivity index is 2.15. The zero-order chi connectivity index (χ0) is 15.8. The molecule has 2 nitrogen and oxygen atoms in total. The van der Waals surface area contributed by atoms with Crippen LogP contribution in [0.1, 0.15) is 48.7 Å². The van der Waals surface area contributed by atoms with Gasteiger partial charge in [-0.15, -0.1) is 11.3 Å². The van der Waals surface area contributed by atoms with E-state index in [1.807, 2.05) is 0 Å². The van der Waals surface area contributed by atoms with Gasteiger partial charge in [0.2, 0.25) is 0 Å². The molecule has 2 N–H and O–H groups in total. The molecule has 0 fully saturated rings. The van der Waals surface area contributed by atoms with Crippen molar-refractivity contribution in [2.45, 2.75) is 39.2 Å². The van der Waals surface area contributed by atoms with Gasteiger partial charge in [0.15, 0.2) is 5.11 Å². The van der Waals surface area contributed by atoms with Crippen LogP contribution in [-0.2, 0) is 6.42 Å². The molecule has 1 atom stereocenters. The first-order valence-electron chi connectivity index (χ1n) is 7.91. The first kappa shape index (κ1) is 17.0. The molecular formula is C18H24N2S2. The minimum Gasteiger partial charge on any atom is -0.363 e. The maximum atomic E-state index is 5.42. The maximum Gasteiger partial charge on any atom is 0.167 e. The highest BCUT2D eigenvalue weighted by Crippen LogP contribution is 2.26. The highest BCUT2D eigenvalue weighted by Gasteiger charge is 2.16. The quantitative estimate of drug-likeness (QED) is 0.721. The number of rotatable bonds is 7. The summed E-state index contributed by atoms with van der Waals surface area (Å²) in [6.45, 7) is 5.25. The van der Waals surface area contributed by atoms with Crippen molar-refractivity contribution in [1.29, 1.82) is 0 Å². The molecule has 0 radical (unpaired) electrons. The molecule has 1 aromatic heterocycles. The standard InChI is InChI=1S/C18H24N2S2/c1-3-6-14-8-10-15(11-9-14)17(16-7-5-13-22-16)20-18(21)19-12-4-2/h5,7-11,13,17H,3-4,6,12H2,1-2H3,(H2,19,20,21)/t17-/m1/s1. The first-order valence-corrected chi connectivity index (χ1v) is 9.20. The summed E-state index contributed by atoms with van der Waals surface area (Å²) in [6.07, 6.45) is 3.38. The van der Waals surface area contributed by atoms with Gasteiger partial charge in [-0.25, -0.2) is 0 Å². The van der Waals surface area contributed by atoms with Crippen molar-refractivity contribution in [3.63, 3.8) is 0 Å². The van der Waals surface area contributed by atoms with Crippen molar-refractivity contribution in [3.8, 4) is 0 Å². The molecule has 22 heavy (non-hydrogen) atoms. The summed E-state index contributed by atoms with van der Waals surface area (Å²) in [5, 5.41) is 9.53. The molecule has 0 saturated heterocycles. The van der Waals surface area contributed by atoms with Crippen LogP contribution in [-0.4, -0.2) is 11.7 Å². The van der Waals surface area contributed by atoms with Crippen LogP contribution in [0.3, 0.4) is 0 Å². The van der Waals surface area contributed by atoms with Gasteiger partial charge in [0.1, 0.15) is 0 Å². The number of thiocarbonyl (C=S) groups is 1. The van der Waals surface area contributed by atoms with E-state index < -0.39 is 0 Å². The fourth-order valence-electron chi connectivity index (χ4n) is 2.36. The Kier molecular flexibility index (Phi) is 6.87. The molecule has 0 saturated carbocycles. The molecule has 1 aromatic carbocycles. The Bertz CT molecular complexity index is 561. The number of hydrogen-bond acceptors (Lipinski definition) is 2. The van der Waals surface area contributed by atoms with E-state index in [2.05, 4.69) is 66.3 Å². The number of aryl methyl sites for hydroxylation is 1. The van der Waals surface area contributed by atoms with E-state index >= 15 is 0 Å². The third-order valence-electron chi connectivity index (χ3n) is 3.49. The monoisotopic (exact) mass is 332 g/mol. The summed E-state index contributed by atoms with van der Waals surface area (Å²) in [7, 11) is 0. The van der Waals surface area contributed by atoms with Crippen LogP contribution in [0.25, 0.3) is 0 Å². The van der Waals surface area contributed by atoms with E-state index in [9.17, 15) is 0 Å². The first-order chi connectivity index (χ1) is 10.7. The second kappa shape index (κ2) is 8.91. The normalized spacial score (nSPS) is 11.9. The van der Waals surface area contributed by atoms with Gasteiger partial charge in [-0.1, -0.05) is 50.6 Å². The minimum atomic E-state index is 0.118. The van der Waals surface area contributed by atoms with E-state index in [0.29, 0.717) is 0 Å². The maximum absolute atomic E-state index is 5.42. The Morgan fingerprint density at radius 3 is 2.50 bits per heavy atom. The van der Waals surface area contributed by atoms with Crippen LogP contribution in [0.2, 0.25) is 0 Å². The SMILES string of the molecule is CCCNC(=S)N[C@H](c1ccc(CCC)cc1)c1cccs1. The van der Waals surface area contributed by atoms with Gasteiger partial charge in [-0.05, 0) is 47.6 Å². The second-order valence-electron chi connectivity index (χ2n) is 5.34. The van der Waals surface area contributed by atoms with Gasteiger partial charge >= 0.3 is 0 Å². The van der Waals surface area contributed by atoms with Crippen molar-refractivity contribution >= 4 is 28.7 Å². The summed E-state index contributed by atoms with van der Waals surface area (Å²) >= 11 is 7.18. The average Bonchev–Trinajstić information content (AvgIpc) is 3.06. The van der Waals surface area contributed by atoms with Gasteiger partial charge in [-0.3, -0.25) is 0 Å². The van der Waals surface area contributed by atoms with Crippen LogP contribution in [0, 0.1) is 0 Å². The van der Waals surface area contributed by atoms with Gasteiger partial charge < -0.3 is 10.6 Å². The predicted octanol–water partition coefficient (Wildman–Crippen LogP) is 4.66. The zero-order valence-corrected chi connectivity index (χ0v) is 14.9. The number of hydrogen-bond donors (Lipinski definition) is 2. The van der Waals surface area contributed by atoms with Crippen molar-refractivity contribution < 1.29 is 0 Å². The third kappa shape index (κ3) is 4.82. The molecule has 118 valence electrons. The van der Waals surface area contributed by atoms with Gasteiger partial charge in [0.25, 0.3) is 0 Å². The Morgan fingerprint density at radius 1 is 1.14 bits per heavy atom. The zero-order valence-electron chi connectivity index (χ0n) is 13.3. The molecule has 0 aliphatic heterocycles. The van der Waals surface area contributed by atoms with E-state index in [4.69, 9.17) is 12.2 Å². The molecule has 2 aromatic rings. The largest absolute Gasteiger partial charge is 0.363 e. The number of benzene rings is 1. The van der Waals surface area contributed by atoms with Crippen LogP contribution in [0.15, 0.2) is 41.8 Å². The molecule has 0 unspecified atom stereocenters. The highest BCUT2D eigenvalue weighted by molar-refractivity contribution is 7.80. The predicted molar refractivity (Wildman–Crippen MR) is 101 cm³/mol. The smallest absolute Gasteiger partial charge is 0.167 e. The lowest BCUT2D eigenvalue weighted by atomic mass is 10.0. The molecular weight excluding hydrogens is 308 g/mol. The molecule has 2 rings (SSSR count). The summed E-state index contributed by atoms with van der Waals surface area (Å²) < 4.78 is 0. The van der Waals surface area contributed by atoms with E-state index in [1.165, 1.54) is 22.4 Å². The Labute approximate surface area is 143 Å². The summed E-state index contributed by atoms with van der Waals surface area (Å²) in [5.41, 5.74) is 2.64. The lowest BCUT2D eigenvalue weighted by Crippen LogP contribution is -2.38. The van der Waals surface area contributed by atoms with Crippen LogP contribution < -0.4 is 10.6 Å². The second-order valence-corrected chi connectivity index (χ2v) is 6.73.